The van der Waals surface area contributed by atoms with E-state index in [4.69, 9.17) is 17.3 Å². The van der Waals surface area contributed by atoms with E-state index >= 15 is 0 Å². The van der Waals surface area contributed by atoms with Gasteiger partial charge in [-0.25, -0.2) is 0 Å². The quantitative estimate of drug-likeness (QED) is 0.847. The molecule has 0 amide bonds. The maximum atomic E-state index is 12.3. The van der Waals surface area contributed by atoms with Gasteiger partial charge in [-0.05, 0) is 24.2 Å². The van der Waals surface area contributed by atoms with Crippen molar-refractivity contribution in [2.24, 2.45) is 0 Å². The van der Waals surface area contributed by atoms with Crippen LogP contribution in [0.1, 0.15) is 12.5 Å². The van der Waals surface area contributed by atoms with Crippen LogP contribution in [0.15, 0.2) is 18.2 Å². The number of halogens is 4. The molecule has 0 atom stereocenters. The van der Waals surface area contributed by atoms with Crippen molar-refractivity contribution in [1.29, 1.82) is 0 Å². The second-order valence-electron chi connectivity index (χ2n) is 3.77. The highest BCUT2D eigenvalue weighted by atomic mass is 35.5. The molecule has 96 valence electrons. The Kier molecular flexibility index (Phi) is 4.65. The molecule has 0 unspecified atom stereocenters. The first kappa shape index (κ1) is 14.1. The monoisotopic (exact) mass is 266 g/mol. The summed E-state index contributed by atoms with van der Waals surface area (Å²) in [4.78, 5) is 1.29. The van der Waals surface area contributed by atoms with E-state index in [9.17, 15) is 13.2 Å². The number of benzene rings is 1. The first-order valence-electron chi connectivity index (χ1n) is 5.15. The Hall–Kier alpha value is -0.940. The molecule has 0 spiro atoms. The van der Waals surface area contributed by atoms with Gasteiger partial charge in [0.2, 0.25) is 0 Å². The summed E-state index contributed by atoms with van der Waals surface area (Å²) >= 11 is 5.74. The first-order chi connectivity index (χ1) is 7.81. The van der Waals surface area contributed by atoms with E-state index in [2.05, 4.69) is 0 Å². The van der Waals surface area contributed by atoms with Crippen LogP contribution >= 0.6 is 11.6 Å². The normalized spacial score (nSPS) is 12.1. The lowest BCUT2D eigenvalue weighted by molar-refractivity contribution is -0.146. The number of rotatable bonds is 4. The Labute approximate surface area is 103 Å². The molecule has 0 heterocycles. The van der Waals surface area contributed by atoms with Crippen molar-refractivity contribution >= 4 is 17.3 Å². The lowest BCUT2D eigenvalue weighted by atomic mass is 10.2. The number of nitrogen functional groups attached to an aromatic ring is 1. The zero-order chi connectivity index (χ0) is 13.1. The number of alkyl halides is 3. The molecule has 0 saturated heterocycles. The molecule has 0 bridgehead atoms. The molecule has 1 aromatic rings. The fraction of sp³-hybridized carbons (Fsp3) is 0.455. The minimum Gasteiger partial charge on any atom is -0.398 e. The summed E-state index contributed by atoms with van der Waals surface area (Å²) in [5.74, 6) is 0. The number of hydrogen-bond donors (Lipinski definition) is 1. The maximum Gasteiger partial charge on any atom is 0.401 e. The Morgan fingerprint density at radius 3 is 2.47 bits per heavy atom. The lowest BCUT2D eigenvalue weighted by Gasteiger charge is -2.22. The van der Waals surface area contributed by atoms with Crippen LogP contribution in [0.2, 0.25) is 5.02 Å². The highest BCUT2D eigenvalue weighted by Crippen LogP contribution is 2.22. The van der Waals surface area contributed by atoms with Crippen LogP contribution in [0.25, 0.3) is 0 Å². The molecule has 0 fully saturated rings. The van der Waals surface area contributed by atoms with Gasteiger partial charge in [0.05, 0.1) is 17.3 Å². The average Bonchev–Trinajstić information content (AvgIpc) is 2.20. The van der Waals surface area contributed by atoms with E-state index in [1.165, 1.54) is 4.90 Å². The summed E-state index contributed by atoms with van der Waals surface area (Å²) < 4.78 is 36.8. The third-order valence-electron chi connectivity index (χ3n) is 2.32. The van der Waals surface area contributed by atoms with Gasteiger partial charge in [-0.1, -0.05) is 24.6 Å². The Balaban J connectivity index is 2.70. The molecular formula is C11H14ClF3N2. The van der Waals surface area contributed by atoms with Crippen LogP contribution in [-0.2, 0) is 6.54 Å². The summed E-state index contributed by atoms with van der Waals surface area (Å²) in [5, 5.41) is 0.410. The van der Waals surface area contributed by atoms with Crippen LogP contribution in [-0.4, -0.2) is 24.2 Å². The van der Waals surface area contributed by atoms with Crippen molar-refractivity contribution < 1.29 is 13.2 Å². The Morgan fingerprint density at radius 2 is 2.00 bits per heavy atom. The summed E-state index contributed by atoms with van der Waals surface area (Å²) in [6, 6.07) is 4.87. The highest BCUT2D eigenvalue weighted by molar-refractivity contribution is 6.33. The van der Waals surface area contributed by atoms with Crippen LogP contribution in [0.3, 0.4) is 0 Å². The van der Waals surface area contributed by atoms with Crippen molar-refractivity contribution in [2.45, 2.75) is 19.6 Å². The molecule has 0 aliphatic heterocycles. The van der Waals surface area contributed by atoms with E-state index in [0.717, 1.165) is 5.56 Å². The zero-order valence-electron chi connectivity index (χ0n) is 9.39. The molecule has 0 radical (unpaired) electrons. The number of anilines is 1. The predicted octanol–water partition coefficient (Wildman–Crippen LogP) is 3.31. The topological polar surface area (TPSA) is 29.3 Å². The van der Waals surface area contributed by atoms with E-state index < -0.39 is 12.7 Å². The average molecular weight is 267 g/mol. The molecule has 0 aromatic heterocycles. The molecule has 2 nitrogen and oxygen atoms in total. The summed E-state index contributed by atoms with van der Waals surface area (Å²) in [6.45, 7) is 1.29. The van der Waals surface area contributed by atoms with E-state index in [1.807, 2.05) is 0 Å². The molecule has 1 rings (SSSR count). The Bertz CT molecular complexity index is 379. The molecule has 0 aliphatic rings. The third kappa shape index (κ3) is 4.83. The standard InChI is InChI=1S/C11H14ClF3N2/c1-2-17(7-11(13,14)15)6-8-3-4-9(12)10(16)5-8/h3-5H,2,6-7,16H2,1H3. The van der Waals surface area contributed by atoms with Crippen molar-refractivity contribution in [1.82, 2.24) is 4.90 Å². The molecule has 0 saturated carbocycles. The predicted molar refractivity (Wildman–Crippen MR) is 62.9 cm³/mol. The van der Waals surface area contributed by atoms with Gasteiger partial charge in [-0.2, -0.15) is 13.2 Å². The van der Waals surface area contributed by atoms with Gasteiger partial charge in [0.1, 0.15) is 0 Å². The van der Waals surface area contributed by atoms with E-state index in [0.29, 0.717) is 17.3 Å². The maximum absolute atomic E-state index is 12.3. The molecular weight excluding hydrogens is 253 g/mol. The van der Waals surface area contributed by atoms with Gasteiger partial charge < -0.3 is 5.73 Å². The molecule has 17 heavy (non-hydrogen) atoms. The van der Waals surface area contributed by atoms with Crippen LogP contribution < -0.4 is 5.73 Å². The second kappa shape index (κ2) is 5.60. The van der Waals surface area contributed by atoms with Gasteiger partial charge >= 0.3 is 6.18 Å². The smallest absolute Gasteiger partial charge is 0.398 e. The second-order valence-corrected chi connectivity index (χ2v) is 4.18. The van der Waals surface area contributed by atoms with Gasteiger partial charge in [0.25, 0.3) is 0 Å². The fourth-order valence-corrected chi connectivity index (χ4v) is 1.60. The molecule has 1 aromatic carbocycles. The molecule has 2 N–H and O–H groups in total. The lowest BCUT2D eigenvalue weighted by Crippen LogP contribution is -2.33. The van der Waals surface area contributed by atoms with Crippen molar-refractivity contribution in [3.8, 4) is 0 Å². The summed E-state index contributed by atoms with van der Waals surface area (Å²) in [6.07, 6.45) is -4.19. The van der Waals surface area contributed by atoms with Crippen LogP contribution in [0.4, 0.5) is 18.9 Å². The Morgan fingerprint density at radius 1 is 1.35 bits per heavy atom. The van der Waals surface area contributed by atoms with Crippen molar-refractivity contribution in [3.63, 3.8) is 0 Å². The highest BCUT2D eigenvalue weighted by Gasteiger charge is 2.29. The van der Waals surface area contributed by atoms with Crippen LogP contribution in [0.5, 0.6) is 0 Å². The van der Waals surface area contributed by atoms with Crippen LogP contribution in [0, 0.1) is 0 Å². The molecule has 6 heteroatoms. The first-order valence-corrected chi connectivity index (χ1v) is 5.52. The number of nitrogens with two attached hydrogens (primary N) is 1. The SMILES string of the molecule is CCN(Cc1ccc(Cl)c(N)c1)CC(F)(F)F. The summed E-state index contributed by atoms with van der Waals surface area (Å²) in [5.41, 5.74) is 6.69. The fourth-order valence-electron chi connectivity index (χ4n) is 1.48. The van der Waals surface area contributed by atoms with Gasteiger partial charge in [0.15, 0.2) is 0 Å². The van der Waals surface area contributed by atoms with E-state index in [-0.39, 0.29) is 6.54 Å². The molecule has 0 aliphatic carbocycles. The van der Waals surface area contributed by atoms with E-state index in [1.54, 1.807) is 25.1 Å². The number of nitrogens with zero attached hydrogens (tertiary/aromatic N) is 1. The third-order valence-corrected chi connectivity index (χ3v) is 2.66. The van der Waals surface area contributed by atoms with Gasteiger partial charge in [-0.15, -0.1) is 0 Å². The van der Waals surface area contributed by atoms with Gasteiger partial charge in [-0.3, -0.25) is 4.90 Å². The largest absolute Gasteiger partial charge is 0.401 e. The minimum absolute atomic E-state index is 0.206. The van der Waals surface area contributed by atoms with Crippen molar-refractivity contribution in [2.75, 3.05) is 18.8 Å². The summed E-state index contributed by atoms with van der Waals surface area (Å²) in [7, 11) is 0. The van der Waals surface area contributed by atoms with Crippen molar-refractivity contribution in [3.05, 3.63) is 28.8 Å². The number of hydrogen-bond acceptors (Lipinski definition) is 2. The minimum atomic E-state index is -4.19. The van der Waals surface area contributed by atoms with Gasteiger partial charge in [0, 0.05) is 6.54 Å². The zero-order valence-corrected chi connectivity index (χ0v) is 10.1.